The molecule has 0 aliphatic carbocycles. The number of hydrogen-bond acceptors (Lipinski definition) is 6. The number of aliphatic carboxylic acids is 1. The van der Waals surface area contributed by atoms with E-state index in [0.717, 1.165) is 116 Å². The molecule has 2 unspecified atom stereocenters. The van der Waals surface area contributed by atoms with Crippen molar-refractivity contribution in [3.05, 3.63) is 134 Å². The molecule has 0 rings (SSSR count). The van der Waals surface area contributed by atoms with Gasteiger partial charge < -0.3 is 25.6 Å². The molecule has 0 fully saturated rings. The number of carbonyl (C=O) groups excluding carboxylic acids is 3. The van der Waals surface area contributed by atoms with Gasteiger partial charge in [0.2, 0.25) is 11.8 Å². The monoisotopic (exact) mass is 857 g/mol. The van der Waals surface area contributed by atoms with Crippen LogP contribution in [0.25, 0.3) is 0 Å². The number of ether oxygens (including phenoxy) is 1. The van der Waals surface area contributed by atoms with Crippen LogP contribution >= 0.6 is 0 Å². The van der Waals surface area contributed by atoms with E-state index in [2.05, 4.69) is 152 Å². The zero-order valence-corrected chi connectivity index (χ0v) is 38.1. The van der Waals surface area contributed by atoms with Crippen LogP contribution in [0, 0.1) is 0 Å². The average Bonchev–Trinajstić information content (AvgIpc) is 3.26. The van der Waals surface area contributed by atoms with E-state index in [1.165, 1.54) is 0 Å². The van der Waals surface area contributed by atoms with Crippen LogP contribution in [0.2, 0.25) is 0 Å². The summed E-state index contributed by atoms with van der Waals surface area (Å²) in [5.74, 6) is -2.49. The highest BCUT2D eigenvalue weighted by atomic mass is 16.5. The van der Waals surface area contributed by atoms with E-state index >= 15 is 0 Å². The summed E-state index contributed by atoms with van der Waals surface area (Å²) in [6.45, 7) is 3.20. The van der Waals surface area contributed by atoms with Crippen molar-refractivity contribution in [2.24, 2.45) is 0 Å². The zero-order chi connectivity index (χ0) is 45.4. The minimum absolute atomic E-state index is 0.183. The lowest BCUT2D eigenvalue weighted by molar-refractivity contribution is -0.147. The number of carboxylic acids is 1. The molecule has 0 radical (unpaired) electrons. The summed E-state index contributed by atoms with van der Waals surface area (Å²) in [6.07, 6.45) is 65.0. The van der Waals surface area contributed by atoms with Crippen LogP contribution in [-0.2, 0) is 23.9 Å². The summed E-state index contributed by atoms with van der Waals surface area (Å²) >= 11 is 0. The predicted molar refractivity (Wildman–Crippen MR) is 258 cm³/mol. The Bertz CT molecular complexity index is 1490. The molecule has 4 N–H and O–H groups in total. The Morgan fingerprint density at radius 1 is 0.500 bits per heavy atom. The highest BCUT2D eigenvalue weighted by molar-refractivity contribution is 5.87. The lowest BCUT2D eigenvalue weighted by Gasteiger charge is -2.14. The van der Waals surface area contributed by atoms with Gasteiger partial charge in [-0.1, -0.05) is 161 Å². The molecule has 2 atom stereocenters. The van der Waals surface area contributed by atoms with Crippen LogP contribution in [0.3, 0.4) is 0 Å². The number of hydrogen-bond donors (Lipinski definition) is 4. The second-order valence-corrected chi connectivity index (χ2v) is 14.7. The Morgan fingerprint density at radius 3 is 1.37 bits per heavy atom. The van der Waals surface area contributed by atoms with E-state index in [0.29, 0.717) is 12.8 Å². The molecular weight excluding hydrogens is 777 g/mol. The molecule has 2 amide bonds. The number of amides is 2. The summed E-state index contributed by atoms with van der Waals surface area (Å²) in [7, 11) is 0. The van der Waals surface area contributed by atoms with Gasteiger partial charge in [-0.05, 0) is 109 Å². The fraction of sp³-hybridized carbons (Fsp3) is 0.509. The van der Waals surface area contributed by atoms with Gasteiger partial charge >= 0.3 is 11.9 Å². The fourth-order valence-electron chi connectivity index (χ4n) is 5.67. The van der Waals surface area contributed by atoms with Crippen LogP contribution < -0.4 is 10.6 Å². The number of esters is 1. The minimum atomic E-state index is -1.40. The van der Waals surface area contributed by atoms with Crippen LogP contribution in [0.5, 0.6) is 0 Å². The molecule has 9 heteroatoms. The second-order valence-electron chi connectivity index (χ2n) is 14.7. The lowest BCUT2D eigenvalue weighted by Crippen LogP contribution is -2.47. The summed E-state index contributed by atoms with van der Waals surface area (Å²) in [4.78, 5) is 47.6. The Labute approximate surface area is 375 Å². The molecule has 0 saturated heterocycles. The number of carboxylic acid groups (broad SMARTS) is 1. The van der Waals surface area contributed by atoms with Gasteiger partial charge in [-0.15, -0.1) is 0 Å². The standard InChI is InChI=1S/C53H80N2O7/c1-3-5-7-9-11-13-15-16-17-18-19-20-21-22-23-24-25-26-28-30-32-37-41-45-52(59)62-48(42-38-34-31-29-27-14-12-10-8-6-4-2)43-39-35-33-36-40-44-50(57)54-46-51(58)55-49(47-56)53(60)61/h5-8,11-14,16-17,19-20,22-23,25-26,29-32,38,42,48-49,56H,3-4,9-10,15,18,21,24,27-28,33-37,39-41,43-47H2,1-2H3,(H,54,57)(H,55,58)(H,60,61)/b7-5-,8-6-,13-11-,14-12-,17-16-,20-19-,23-22-,26-25-,31-29-,32-30-,42-38-. The van der Waals surface area contributed by atoms with Crippen molar-refractivity contribution in [3.8, 4) is 0 Å². The van der Waals surface area contributed by atoms with Gasteiger partial charge in [-0.2, -0.15) is 0 Å². The van der Waals surface area contributed by atoms with Crippen molar-refractivity contribution in [1.29, 1.82) is 0 Å². The molecule has 0 aromatic rings. The lowest BCUT2D eigenvalue weighted by atomic mass is 10.1. The predicted octanol–water partition coefficient (Wildman–Crippen LogP) is 11.9. The van der Waals surface area contributed by atoms with Gasteiger partial charge in [-0.3, -0.25) is 14.4 Å². The van der Waals surface area contributed by atoms with Crippen LogP contribution in [0.15, 0.2) is 134 Å². The van der Waals surface area contributed by atoms with Gasteiger partial charge in [0.15, 0.2) is 0 Å². The van der Waals surface area contributed by atoms with E-state index in [1.54, 1.807) is 0 Å². The van der Waals surface area contributed by atoms with E-state index in [-0.39, 0.29) is 30.9 Å². The third kappa shape index (κ3) is 41.7. The van der Waals surface area contributed by atoms with Crippen LogP contribution in [0.1, 0.15) is 149 Å². The molecule has 0 saturated carbocycles. The van der Waals surface area contributed by atoms with E-state index in [1.807, 2.05) is 6.08 Å². The molecule has 62 heavy (non-hydrogen) atoms. The number of aliphatic hydroxyl groups excluding tert-OH is 1. The second kappa shape index (κ2) is 45.5. The van der Waals surface area contributed by atoms with Gasteiger partial charge in [0, 0.05) is 12.8 Å². The third-order valence-electron chi connectivity index (χ3n) is 9.13. The maximum Gasteiger partial charge on any atom is 0.328 e. The molecule has 0 aromatic heterocycles. The maximum absolute atomic E-state index is 12.8. The van der Waals surface area contributed by atoms with Crippen molar-refractivity contribution in [3.63, 3.8) is 0 Å². The first kappa shape index (κ1) is 57.0. The highest BCUT2D eigenvalue weighted by Crippen LogP contribution is 2.14. The molecular formula is C53H80N2O7. The molecule has 0 aromatic carbocycles. The average molecular weight is 857 g/mol. The molecule has 0 aliphatic heterocycles. The van der Waals surface area contributed by atoms with Gasteiger partial charge in [-0.25, -0.2) is 4.79 Å². The number of rotatable bonds is 39. The maximum atomic E-state index is 12.8. The number of carbonyl (C=O) groups is 4. The van der Waals surface area contributed by atoms with Gasteiger partial charge in [0.1, 0.15) is 12.1 Å². The van der Waals surface area contributed by atoms with Crippen molar-refractivity contribution in [2.45, 2.75) is 161 Å². The highest BCUT2D eigenvalue weighted by Gasteiger charge is 2.18. The van der Waals surface area contributed by atoms with Crippen molar-refractivity contribution in [1.82, 2.24) is 10.6 Å². The fourth-order valence-corrected chi connectivity index (χ4v) is 5.67. The topological polar surface area (TPSA) is 142 Å². The first-order chi connectivity index (χ1) is 30.3. The van der Waals surface area contributed by atoms with E-state index in [4.69, 9.17) is 14.9 Å². The Hall–Kier alpha value is -5.02. The molecule has 344 valence electrons. The van der Waals surface area contributed by atoms with E-state index in [9.17, 15) is 19.2 Å². The minimum Gasteiger partial charge on any atom is -0.480 e. The van der Waals surface area contributed by atoms with Gasteiger partial charge in [0.05, 0.1) is 13.2 Å². The normalized spacial score (nSPS) is 13.7. The number of allylic oxidation sites excluding steroid dienone is 21. The van der Waals surface area contributed by atoms with Crippen LogP contribution in [0.4, 0.5) is 0 Å². The Kier molecular flexibility index (Phi) is 41.8. The molecule has 0 spiro atoms. The SMILES string of the molecule is CC/C=C\C/C=C\C/C=C\C/C=C\C/C=C\C/C=C\C/C=C\CCCC(=O)OC(/C=C\C/C=C\C/C=C\C/C=C\CC)CCCCCCCC(=O)NCC(=O)NC(CO)C(=O)O. The van der Waals surface area contributed by atoms with Crippen molar-refractivity contribution in [2.75, 3.05) is 13.2 Å². The molecule has 9 nitrogen and oxygen atoms in total. The summed E-state index contributed by atoms with van der Waals surface area (Å²) in [5.41, 5.74) is 0. The largest absolute Gasteiger partial charge is 0.480 e. The van der Waals surface area contributed by atoms with Crippen molar-refractivity contribution < 1.29 is 34.1 Å². The smallest absolute Gasteiger partial charge is 0.328 e. The summed E-state index contributed by atoms with van der Waals surface area (Å²) in [6, 6.07) is -1.40. The summed E-state index contributed by atoms with van der Waals surface area (Å²) in [5, 5.41) is 22.5. The summed E-state index contributed by atoms with van der Waals surface area (Å²) < 4.78 is 5.89. The van der Waals surface area contributed by atoms with Crippen molar-refractivity contribution >= 4 is 23.8 Å². The quantitative estimate of drug-likeness (QED) is 0.0274. The van der Waals surface area contributed by atoms with E-state index < -0.39 is 24.5 Å². The zero-order valence-electron chi connectivity index (χ0n) is 38.1. The third-order valence-corrected chi connectivity index (χ3v) is 9.13. The molecule has 0 bridgehead atoms. The first-order valence-corrected chi connectivity index (χ1v) is 23.1. The van der Waals surface area contributed by atoms with Crippen LogP contribution in [-0.4, -0.2) is 59.3 Å². The molecule has 0 heterocycles. The van der Waals surface area contributed by atoms with Gasteiger partial charge in [0.25, 0.3) is 0 Å². The molecule has 0 aliphatic rings. The number of aliphatic hydroxyl groups is 1. The first-order valence-electron chi connectivity index (χ1n) is 23.1. The Morgan fingerprint density at radius 2 is 0.919 bits per heavy atom. The number of unbranched alkanes of at least 4 members (excludes halogenated alkanes) is 5. The Balaban J connectivity index is 4.50. The number of nitrogens with one attached hydrogen (secondary N) is 2.